The van der Waals surface area contributed by atoms with E-state index in [-0.39, 0.29) is 18.4 Å². The summed E-state index contributed by atoms with van der Waals surface area (Å²) in [6, 6.07) is 0.119. The Morgan fingerprint density at radius 1 is 1.25 bits per heavy atom. The Kier molecular flexibility index (Phi) is 4.62. The van der Waals surface area contributed by atoms with Crippen LogP contribution in [0.4, 0.5) is 13.2 Å². The van der Waals surface area contributed by atoms with Crippen LogP contribution in [-0.2, 0) is 0 Å². The van der Waals surface area contributed by atoms with Gasteiger partial charge in [-0.1, -0.05) is 12.8 Å². The molecule has 1 aliphatic carbocycles. The van der Waals surface area contributed by atoms with Gasteiger partial charge in [-0.25, -0.2) is 0 Å². The van der Waals surface area contributed by atoms with Crippen LogP contribution in [0.15, 0.2) is 0 Å². The molecule has 0 spiro atoms. The lowest BCUT2D eigenvalue weighted by molar-refractivity contribution is -0.209. The Morgan fingerprint density at radius 2 is 1.75 bits per heavy atom. The molecule has 1 fully saturated rings. The number of rotatable bonds is 3. The van der Waals surface area contributed by atoms with E-state index >= 15 is 0 Å². The van der Waals surface area contributed by atoms with Crippen LogP contribution in [0.2, 0.25) is 0 Å². The molecule has 1 aliphatic rings. The van der Waals surface area contributed by atoms with E-state index in [1.807, 2.05) is 6.92 Å². The van der Waals surface area contributed by atoms with Crippen LogP contribution in [0, 0.1) is 11.8 Å². The average molecular weight is 239 g/mol. The second kappa shape index (κ2) is 5.36. The molecule has 0 bridgehead atoms. The van der Waals surface area contributed by atoms with Crippen molar-refractivity contribution in [2.45, 2.75) is 57.3 Å². The van der Waals surface area contributed by atoms with Gasteiger partial charge < -0.3 is 10.8 Å². The lowest BCUT2D eigenvalue weighted by Crippen LogP contribution is -2.34. The summed E-state index contributed by atoms with van der Waals surface area (Å²) < 4.78 is 36.4. The van der Waals surface area contributed by atoms with Gasteiger partial charge in [-0.3, -0.25) is 0 Å². The lowest BCUT2D eigenvalue weighted by atomic mass is 9.77. The monoisotopic (exact) mass is 239 g/mol. The summed E-state index contributed by atoms with van der Waals surface area (Å²) >= 11 is 0. The zero-order valence-corrected chi connectivity index (χ0v) is 9.50. The maximum atomic E-state index is 12.1. The average Bonchev–Trinajstić information content (AvgIpc) is 2.17. The minimum absolute atomic E-state index is 0.00775. The topological polar surface area (TPSA) is 46.2 Å². The second-order valence-electron chi connectivity index (χ2n) is 4.93. The molecule has 0 aromatic heterocycles. The molecule has 0 aromatic carbocycles. The van der Waals surface area contributed by atoms with Crippen molar-refractivity contribution >= 4 is 0 Å². The number of alkyl halides is 3. The molecule has 2 unspecified atom stereocenters. The fraction of sp³-hybridized carbons (Fsp3) is 1.00. The molecule has 0 aromatic rings. The molecule has 0 saturated heterocycles. The Balaban J connectivity index is 2.32. The van der Waals surface area contributed by atoms with Crippen molar-refractivity contribution in [2.24, 2.45) is 17.6 Å². The fourth-order valence-electron chi connectivity index (χ4n) is 2.40. The summed E-state index contributed by atoms with van der Waals surface area (Å²) in [6.07, 6.45) is -3.53. The maximum Gasteiger partial charge on any atom is 0.414 e. The maximum absolute atomic E-state index is 12.1. The first-order valence-electron chi connectivity index (χ1n) is 5.81. The van der Waals surface area contributed by atoms with E-state index in [0.29, 0.717) is 5.92 Å². The molecule has 3 N–H and O–H groups in total. The van der Waals surface area contributed by atoms with Gasteiger partial charge in [0.25, 0.3) is 0 Å². The highest BCUT2D eigenvalue weighted by molar-refractivity contribution is 4.80. The van der Waals surface area contributed by atoms with Crippen molar-refractivity contribution < 1.29 is 18.3 Å². The molecule has 0 radical (unpaired) electrons. The van der Waals surface area contributed by atoms with Crippen molar-refractivity contribution in [1.29, 1.82) is 0 Å². The highest BCUT2D eigenvalue weighted by atomic mass is 19.4. The van der Waals surface area contributed by atoms with Crippen molar-refractivity contribution in [3.8, 4) is 0 Å². The largest absolute Gasteiger partial charge is 0.414 e. The summed E-state index contributed by atoms with van der Waals surface area (Å²) in [5.74, 6) is 0.422. The molecule has 2 atom stereocenters. The molecule has 5 heteroatoms. The Labute approximate surface area is 94.0 Å². The van der Waals surface area contributed by atoms with E-state index in [1.165, 1.54) is 0 Å². The van der Waals surface area contributed by atoms with Gasteiger partial charge in [0, 0.05) is 6.04 Å². The van der Waals surface area contributed by atoms with E-state index in [9.17, 15) is 13.2 Å². The Bertz CT molecular complexity index is 210. The van der Waals surface area contributed by atoms with Crippen molar-refractivity contribution in [3.63, 3.8) is 0 Å². The number of nitrogens with two attached hydrogens (primary N) is 1. The zero-order valence-electron chi connectivity index (χ0n) is 9.50. The number of aliphatic hydroxyl groups excluding tert-OH is 1. The van der Waals surface area contributed by atoms with Gasteiger partial charge in [-0.15, -0.1) is 0 Å². The molecular formula is C11H20F3NO. The van der Waals surface area contributed by atoms with Crippen molar-refractivity contribution in [2.75, 3.05) is 0 Å². The summed E-state index contributed by atoms with van der Waals surface area (Å²) in [6.45, 7) is 1.94. The smallest absolute Gasteiger partial charge is 0.384 e. The molecular weight excluding hydrogens is 219 g/mol. The van der Waals surface area contributed by atoms with E-state index in [4.69, 9.17) is 10.8 Å². The first-order chi connectivity index (χ1) is 7.30. The lowest BCUT2D eigenvalue weighted by Gasteiger charge is -2.31. The third-order valence-electron chi connectivity index (χ3n) is 3.57. The van der Waals surface area contributed by atoms with Gasteiger partial charge in [0.05, 0.1) is 0 Å². The summed E-state index contributed by atoms with van der Waals surface area (Å²) in [5, 5.41) is 8.96. The van der Waals surface area contributed by atoms with Crippen molar-refractivity contribution in [3.05, 3.63) is 0 Å². The fourth-order valence-corrected chi connectivity index (χ4v) is 2.40. The zero-order chi connectivity index (χ0) is 12.3. The van der Waals surface area contributed by atoms with E-state index < -0.39 is 12.3 Å². The summed E-state index contributed by atoms with van der Waals surface area (Å²) in [7, 11) is 0. The van der Waals surface area contributed by atoms with Crippen LogP contribution < -0.4 is 5.73 Å². The van der Waals surface area contributed by atoms with Crippen LogP contribution in [0.3, 0.4) is 0 Å². The van der Waals surface area contributed by atoms with Gasteiger partial charge in [-0.2, -0.15) is 13.2 Å². The van der Waals surface area contributed by atoms with Crippen LogP contribution in [0.1, 0.15) is 39.0 Å². The number of hydrogen-bond donors (Lipinski definition) is 2. The highest BCUT2D eigenvalue weighted by Gasteiger charge is 2.40. The third-order valence-corrected chi connectivity index (χ3v) is 3.57. The summed E-state index contributed by atoms with van der Waals surface area (Å²) in [4.78, 5) is 0. The van der Waals surface area contributed by atoms with E-state index in [1.54, 1.807) is 0 Å². The minimum Gasteiger partial charge on any atom is -0.384 e. The first-order valence-corrected chi connectivity index (χ1v) is 5.81. The van der Waals surface area contributed by atoms with Gasteiger partial charge in [0.1, 0.15) is 6.10 Å². The SMILES string of the molecule is CC(N)C1CCC(CC(O)C(F)(F)F)CC1. The number of hydrogen-bond acceptors (Lipinski definition) is 2. The molecule has 16 heavy (non-hydrogen) atoms. The molecule has 2 nitrogen and oxygen atoms in total. The van der Waals surface area contributed by atoms with E-state index in [0.717, 1.165) is 25.7 Å². The molecule has 0 aliphatic heterocycles. The Morgan fingerprint density at radius 3 is 2.12 bits per heavy atom. The van der Waals surface area contributed by atoms with Gasteiger partial charge >= 0.3 is 6.18 Å². The minimum atomic E-state index is -4.47. The molecule has 0 amide bonds. The molecule has 0 heterocycles. The number of halogens is 3. The number of aliphatic hydroxyl groups is 1. The third kappa shape index (κ3) is 3.94. The normalized spacial score (nSPS) is 31.1. The predicted octanol–water partition coefficient (Wildman–Crippen LogP) is 2.45. The van der Waals surface area contributed by atoms with Gasteiger partial charge in [0.2, 0.25) is 0 Å². The van der Waals surface area contributed by atoms with Gasteiger partial charge in [0.15, 0.2) is 0 Å². The molecule has 1 rings (SSSR count). The van der Waals surface area contributed by atoms with Crippen LogP contribution in [0.25, 0.3) is 0 Å². The first kappa shape index (κ1) is 13.8. The summed E-state index contributed by atoms with van der Waals surface area (Å²) in [5.41, 5.74) is 5.75. The van der Waals surface area contributed by atoms with Crippen molar-refractivity contribution in [1.82, 2.24) is 0 Å². The Hall–Kier alpha value is -0.290. The van der Waals surface area contributed by atoms with E-state index in [2.05, 4.69) is 0 Å². The second-order valence-corrected chi connectivity index (χ2v) is 4.93. The molecule has 96 valence electrons. The van der Waals surface area contributed by atoms with Crippen LogP contribution in [0.5, 0.6) is 0 Å². The van der Waals surface area contributed by atoms with Gasteiger partial charge in [-0.05, 0) is 38.0 Å². The standard InChI is InChI=1S/C11H20F3NO/c1-7(15)9-4-2-8(3-5-9)6-10(16)11(12,13)14/h7-10,16H,2-6,15H2,1H3. The molecule has 1 saturated carbocycles. The van der Waals surface area contributed by atoms with Crippen LogP contribution >= 0.6 is 0 Å². The predicted molar refractivity (Wildman–Crippen MR) is 55.8 cm³/mol. The quantitative estimate of drug-likeness (QED) is 0.794. The highest BCUT2D eigenvalue weighted by Crippen LogP contribution is 2.35. The van der Waals surface area contributed by atoms with Crippen LogP contribution in [-0.4, -0.2) is 23.4 Å².